The lowest BCUT2D eigenvalue weighted by atomic mass is 10.0. The Morgan fingerprint density at radius 2 is 1.85 bits per heavy atom. The molecule has 1 N–H and O–H groups in total. The van der Waals surface area contributed by atoms with E-state index in [0.29, 0.717) is 25.2 Å². The largest absolute Gasteiger partial charge is 0.336 e. The van der Waals surface area contributed by atoms with Crippen LogP contribution < -0.4 is 10.2 Å². The van der Waals surface area contributed by atoms with E-state index in [2.05, 4.69) is 29.4 Å². The van der Waals surface area contributed by atoms with Crippen molar-refractivity contribution in [1.29, 1.82) is 0 Å². The molecule has 1 unspecified atom stereocenters. The summed E-state index contributed by atoms with van der Waals surface area (Å²) in [6.45, 7) is 3.60. The van der Waals surface area contributed by atoms with Gasteiger partial charge in [0.2, 0.25) is 0 Å². The lowest BCUT2D eigenvalue weighted by Gasteiger charge is -2.40. The quantitative estimate of drug-likeness (QED) is 0.910. The van der Waals surface area contributed by atoms with E-state index in [0.717, 1.165) is 24.3 Å². The van der Waals surface area contributed by atoms with Crippen molar-refractivity contribution >= 4 is 17.6 Å². The predicted octanol–water partition coefficient (Wildman–Crippen LogP) is 2.35. The third kappa shape index (κ3) is 3.53. The molecule has 2 heterocycles. The van der Waals surface area contributed by atoms with Crippen LogP contribution in [0, 0.1) is 0 Å². The van der Waals surface area contributed by atoms with Crippen LogP contribution in [-0.4, -0.2) is 61.5 Å². The second-order valence-corrected chi connectivity index (χ2v) is 7.12. The predicted molar refractivity (Wildman–Crippen MR) is 105 cm³/mol. The Morgan fingerprint density at radius 1 is 1.04 bits per heavy atom. The van der Waals surface area contributed by atoms with E-state index in [1.54, 1.807) is 4.90 Å². The highest BCUT2D eigenvalue weighted by atomic mass is 16.2. The Kier molecular flexibility index (Phi) is 4.81. The third-order valence-electron chi connectivity index (χ3n) is 5.29. The normalized spacial score (nSPS) is 20.6. The van der Waals surface area contributed by atoms with Gasteiger partial charge in [0.25, 0.3) is 5.91 Å². The van der Waals surface area contributed by atoms with Crippen LogP contribution in [0.15, 0.2) is 54.6 Å². The molecule has 2 aliphatic heterocycles. The molecule has 2 aromatic rings. The molecule has 6 heteroatoms. The number of likely N-dealkylation sites (N-methyl/N-ethyl adjacent to an activating group) is 1. The van der Waals surface area contributed by atoms with Crippen LogP contribution in [0.25, 0.3) is 0 Å². The summed E-state index contributed by atoms with van der Waals surface area (Å²) in [6.07, 6.45) is 0. The molecule has 1 atom stereocenters. The minimum atomic E-state index is -0.110. The van der Waals surface area contributed by atoms with Gasteiger partial charge in [-0.2, -0.15) is 0 Å². The summed E-state index contributed by atoms with van der Waals surface area (Å²) >= 11 is 0. The smallest absolute Gasteiger partial charge is 0.321 e. The first-order valence-corrected chi connectivity index (χ1v) is 9.33. The van der Waals surface area contributed by atoms with Gasteiger partial charge in [-0.25, -0.2) is 4.79 Å². The number of nitrogens with one attached hydrogen (secondary N) is 1. The topological polar surface area (TPSA) is 55.9 Å². The molecular weight excluding hydrogens is 340 g/mol. The molecule has 4 rings (SSSR count). The maximum atomic E-state index is 13.3. The summed E-state index contributed by atoms with van der Waals surface area (Å²) in [4.78, 5) is 31.2. The number of anilines is 1. The van der Waals surface area contributed by atoms with Crippen molar-refractivity contribution < 1.29 is 9.59 Å². The number of piperazine rings is 1. The molecule has 2 aromatic carbocycles. The summed E-state index contributed by atoms with van der Waals surface area (Å²) in [7, 11) is 2.09. The minimum absolute atomic E-state index is 0.0124. The van der Waals surface area contributed by atoms with Crippen molar-refractivity contribution in [3.05, 3.63) is 65.7 Å². The van der Waals surface area contributed by atoms with Crippen LogP contribution in [0.3, 0.4) is 0 Å². The van der Waals surface area contributed by atoms with Gasteiger partial charge in [-0.3, -0.25) is 9.69 Å². The first kappa shape index (κ1) is 17.5. The summed E-state index contributed by atoms with van der Waals surface area (Å²) < 4.78 is 0. The summed E-state index contributed by atoms with van der Waals surface area (Å²) in [6, 6.07) is 17.5. The van der Waals surface area contributed by atoms with Gasteiger partial charge < -0.3 is 15.1 Å². The zero-order valence-corrected chi connectivity index (χ0v) is 15.5. The van der Waals surface area contributed by atoms with Gasteiger partial charge in [-0.05, 0) is 30.8 Å². The molecule has 2 aliphatic rings. The number of amides is 3. The van der Waals surface area contributed by atoms with E-state index < -0.39 is 0 Å². The van der Waals surface area contributed by atoms with Crippen molar-refractivity contribution in [1.82, 2.24) is 15.1 Å². The van der Waals surface area contributed by atoms with Gasteiger partial charge in [0.05, 0.1) is 6.04 Å². The van der Waals surface area contributed by atoms with Gasteiger partial charge in [-0.15, -0.1) is 0 Å². The molecule has 0 aliphatic carbocycles. The molecule has 0 spiro atoms. The van der Waals surface area contributed by atoms with Crippen molar-refractivity contribution in [2.45, 2.75) is 6.04 Å². The molecule has 140 valence electrons. The average molecular weight is 364 g/mol. The van der Waals surface area contributed by atoms with Crippen molar-refractivity contribution in [2.24, 2.45) is 0 Å². The van der Waals surface area contributed by atoms with Crippen molar-refractivity contribution in [3.8, 4) is 0 Å². The highest BCUT2D eigenvalue weighted by molar-refractivity contribution is 5.98. The number of benzene rings is 2. The average Bonchev–Trinajstić information content (AvgIpc) is 3.14. The Morgan fingerprint density at radius 3 is 2.59 bits per heavy atom. The third-order valence-corrected chi connectivity index (χ3v) is 5.29. The summed E-state index contributed by atoms with van der Waals surface area (Å²) in [5.74, 6) is 0.0124. The molecule has 27 heavy (non-hydrogen) atoms. The number of hydrogen-bond acceptors (Lipinski definition) is 3. The van der Waals surface area contributed by atoms with E-state index >= 15 is 0 Å². The van der Waals surface area contributed by atoms with E-state index in [1.807, 2.05) is 47.4 Å². The lowest BCUT2D eigenvalue weighted by molar-refractivity contribution is 0.0498. The van der Waals surface area contributed by atoms with Crippen LogP contribution in [0.1, 0.15) is 22.0 Å². The summed E-state index contributed by atoms with van der Waals surface area (Å²) in [5, 5.41) is 2.80. The van der Waals surface area contributed by atoms with Gasteiger partial charge in [0.1, 0.15) is 0 Å². The SMILES string of the molecule is CN1CCN(C(=O)c2cccc(N3CCNC3=O)c2)C(c2ccccc2)C1. The zero-order chi connectivity index (χ0) is 18.8. The van der Waals surface area contributed by atoms with Crippen molar-refractivity contribution in [2.75, 3.05) is 44.7 Å². The van der Waals surface area contributed by atoms with Gasteiger partial charge in [0, 0.05) is 44.0 Å². The Labute approximate surface area is 159 Å². The van der Waals surface area contributed by atoms with Crippen LogP contribution in [-0.2, 0) is 0 Å². The number of rotatable bonds is 3. The van der Waals surface area contributed by atoms with E-state index in [9.17, 15) is 9.59 Å². The van der Waals surface area contributed by atoms with Crippen LogP contribution in [0.5, 0.6) is 0 Å². The number of hydrogen-bond donors (Lipinski definition) is 1. The lowest BCUT2D eigenvalue weighted by Crippen LogP contribution is -2.49. The second-order valence-electron chi connectivity index (χ2n) is 7.12. The fourth-order valence-corrected chi connectivity index (χ4v) is 3.81. The maximum absolute atomic E-state index is 13.3. The van der Waals surface area contributed by atoms with Crippen LogP contribution >= 0.6 is 0 Å². The Bertz CT molecular complexity index is 839. The molecular formula is C21H24N4O2. The standard InChI is InChI=1S/C21H24N4O2/c1-23-12-13-25(19(15-23)16-6-3-2-4-7-16)20(26)17-8-5-9-18(14-17)24-11-10-22-21(24)27/h2-9,14,19H,10-13,15H2,1H3,(H,22,27). The van der Waals surface area contributed by atoms with Crippen molar-refractivity contribution in [3.63, 3.8) is 0 Å². The van der Waals surface area contributed by atoms with E-state index in [4.69, 9.17) is 0 Å². The minimum Gasteiger partial charge on any atom is -0.336 e. The highest BCUT2D eigenvalue weighted by Crippen LogP contribution is 2.27. The summed E-state index contributed by atoms with van der Waals surface area (Å²) in [5.41, 5.74) is 2.53. The zero-order valence-electron chi connectivity index (χ0n) is 15.5. The fraction of sp³-hybridized carbons (Fsp3) is 0.333. The Balaban J connectivity index is 1.62. The number of urea groups is 1. The van der Waals surface area contributed by atoms with E-state index in [-0.39, 0.29) is 18.0 Å². The molecule has 2 fully saturated rings. The highest BCUT2D eigenvalue weighted by Gasteiger charge is 2.31. The molecule has 3 amide bonds. The molecule has 0 bridgehead atoms. The molecule has 6 nitrogen and oxygen atoms in total. The monoisotopic (exact) mass is 364 g/mol. The number of carbonyl (C=O) groups is 2. The fourth-order valence-electron chi connectivity index (χ4n) is 3.81. The van der Waals surface area contributed by atoms with Gasteiger partial charge in [0.15, 0.2) is 0 Å². The van der Waals surface area contributed by atoms with Gasteiger partial charge >= 0.3 is 6.03 Å². The molecule has 0 radical (unpaired) electrons. The second kappa shape index (κ2) is 7.40. The number of carbonyl (C=O) groups excluding carboxylic acids is 2. The number of nitrogens with zero attached hydrogens (tertiary/aromatic N) is 3. The maximum Gasteiger partial charge on any atom is 0.321 e. The molecule has 0 aromatic heterocycles. The van der Waals surface area contributed by atoms with E-state index in [1.165, 1.54) is 0 Å². The van der Waals surface area contributed by atoms with Gasteiger partial charge in [-0.1, -0.05) is 36.4 Å². The first-order chi connectivity index (χ1) is 13.1. The van der Waals surface area contributed by atoms with Crippen LogP contribution in [0.2, 0.25) is 0 Å². The molecule has 0 saturated carbocycles. The Hall–Kier alpha value is -2.86. The van der Waals surface area contributed by atoms with Crippen LogP contribution in [0.4, 0.5) is 10.5 Å². The first-order valence-electron chi connectivity index (χ1n) is 9.33. The molecule has 2 saturated heterocycles.